The number of fused-ring (bicyclic) bond motifs is 3. The van der Waals surface area contributed by atoms with Crippen LogP contribution in [-0.2, 0) is 4.79 Å². The summed E-state index contributed by atoms with van der Waals surface area (Å²) in [5.41, 5.74) is 2.84. The maximum Gasteiger partial charge on any atom is 0.225 e. The number of carbonyl (C=O) groups excluding carboxylic acids is 1. The van der Waals surface area contributed by atoms with Crippen molar-refractivity contribution >= 4 is 22.4 Å². The molecule has 4 rings (SSSR count). The van der Waals surface area contributed by atoms with Crippen LogP contribution in [0.5, 0.6) is 17.2 Å². The van der Waals surface area contributed by atoms with Crippen LogP contribution in [0.15, 0.2) is 48.5 Å². The highest BCUT2D eigenvalue weighted by Crippen LogP contribution is 2.46. The summed E-state index contributed by atoms with van der Waals surface area (Å²) in [6.45, 7) is 0. The molecule has 1 N–H and O–H groups in total. The van der Waals surface area contributed by atoms with Gasteiger partial charge in [-0.05, 0) is 17.0 Å². The number of rotatable bonds is 4. The fourth-order valence-corrected chi connectivity index (χ4v) is 3.81. The average molecular weight is 363 g/mol. The number of carbonyl (C=O) groups is 1. The van der Waals surface area contributed by atoms with Crippen LogP contribution in [-0.4, -0.2) is 27.2 Å². The Morgan fingerprint density at radius 3 is 2.30 bits per heavy atom. The van der Waals surface area contributed by atoms with Gasteiger partial charge in [0, 0.05) is 29.4 Å². The quantitative estimate of drug-likeness (QED) is 0.749. The van der Waals surface area contributed by atoms with Crippen LogP contribution < -0.4 is 19.5 Å². The van der Waals surface area contributed by atoms with E-state index in [-0.39, 0.29) is 11.8 Å². The number of methoxy groups -OCH3 is 3. The topological polar surface area (TPSA) is 56.8 Å². The zero-order valence-corrected chi connectivity index (χ0v) is 15.5. The number of anilines is 1. The first-order chi connectivity index (χ1) is 13.2. The molecule has 1 amide bonds. The lowest BCUT2D eigenvalue weighted by molar-refractivity contribution is -0.116. The molecule has 1 heterocycles. The van der Waals surface area contributed by atoms with Crippen molar-refractivity contribution in [2.75, 3.05) is 26.6 Å². The van der Waals surface area contributed by atoms with Crippen molar-refractivity contribution < 1.29 is 19.0 Å². The van der Waals surface area contributed by atoms with Gasteiger partial charge in [0.25, 0.3) is 0 Å². The predicted octanol–water partition coefficient (Wildman–Crippen LogP) is 4.34. The van der Waals surface area contributed by atoms with E-state index in [1.165, 1.54) is 0 Å². The van der Waals surface area contributed by atoms with Crippen molar-refractivity contribution in [2.24, 2.45) is 0 Å². The fourth-order valence-electron chi connectivity index (χ4n) is 3.81. The van der Waals surface area contributed by atoms with Crippen LogP contribution >= 0.6 is 0 Å². The largest absolute Gasteiger partial charge is 0.496 e. The summed E-state index contributed by atoms with van der Waals surface area (Å²) < 4.78 is 16.5. The fraction of sp³-hybridized carbons (Fsp3) is 0.227. The third-order valence-corrected chi connectivity index (χ3v) is 5.10. The molecule has 0 saturated heterocycles. The highest BCUT2D eigenvalue weighted by Gasteiger charge is 2.30. The summed E-state index contributed by atoms with van der Waals surface area (Å²) in [6.07, 6.45) is 0.344. The number of nitrogens with one attached hydrogen (secondary N) is 1. The Hall–Kier alpha value is -3.21. The van der Waals surface area contributed by atoms with Gasteiger partial charge in [-0.3, -0.25) is 4.79 Å². The Kier molecular flexibility index (Phi) is 4.36. The van der Waals surface area contributed by atoms with Crippen molar-refractivity contribution in [2.45, 2.75) is 12.3 Å². The SMILES string of the molecule is COc1cc(OC)c([C@@H]2CC(=O)Nc3c2ccc2ccccc32)cc1OC. The van der Waals surface area contributed by atoms with Crippen molar-refractivity contribution in [1.29, 1.82) is 0 Å². The number of hydrogen-bond donors (Lipinski definition) is 1. The molecular formula is C22H21NO4. The summed E-state index contributed by atoms with van der Waals surface area (Å²) in [5.74, 6) is 1.74. The lowest BCUT2D eigenvalue weighted by Gasteiger charge is -2.28. The minimum atomic E-state index is -0.131. The van der Waals surface area contributed by atoms with Gasteiger partial charge in [0.05, 0.1) is 27.0 Å². The zero-order chi connectivity index (χ0) is 19.0. The Labute approximate surface area is 157 Å². The van der Waals surface area contributed by atoms with Crippen LogP contribution in [0, 0.1) is 0 Å². The summed E-state index contributed by atoms with van der Waals surface area (Å²) in [5, 5.41) is 5.18. The Morgan fingerprint density at radius 1 is 0.852 bits per heavy atom. The van der Waals surface area contributed by atoms with Crippen LogP contribution in [0.2, 0.25) is 0 Å². The van der Waals surface area contributed by atoms with Gasteiger partial charge in [0.15, 0.2) is 11.5 Å². The van der Waals surface area contributed by atoms with Crippen molar-refractivity contribution in [3.8, 4) is 17.2 Å². The molecule has 5 heteroatoms. The second-order valence-electron chi connectivity index (χ2n) is 6.50. The number of hydrogen-bond acceptors (Lipinski definition) is 4. The Morgan fingerprint density at radius 2 is 1.56 bits per heavy atom. The van der Waals surface area contributed by atoms with Crippen LogP contribution in [0.25, 0.3) is 10.8 Å². The smallest absolute Gasteiger partial charge is 0.225 e. The summed E-state index contributed by atoms with van der Waals surface area (Å²) in [6, 6.07) is 15.9. The molecule has 0 spiro atoms. The van der Waals surface area contributed by atoms with Gasteiger partial charge in [0.1, 0.15) is 5.75 Å². The predicted molar refractivity (Wildman–Crippen MR) is 105 cm³/mol. The van der Waals surface area contributed by atoms with Crippen LogP contribution in [0.1, 0.15) is 23.5 Å². The van der Waals surface area contributed by atoms with E-state index in [0.717, 1.165) is 27.6 Å². The van der Waals surface area contributed by atoms with Gasteiger partial charge >= 0.3 is 0 Å². The lowest BCUT2D eigenvalue weighted by Crippen LogP contribution is -2.24. The van der Waals surface area contributed by atoms with E-state index in [1.807, 2.05) is 30.3 Å². The van der Waals surface area contributed by atoms with Crippen molar-refractivity contribution in [3.05, 3.63) is 59.7 Å². The molecule has 1 aliphatic heterocycles. The molecule has 3 aromatic carbocycles. The lowest BCUT2D eigenvalue weighted by atomic mass is 9.82. The monoisotopic (exact) mass is 363 g/mol. The van der Waals surface area contributed by atoms with E-state index in [2.05, 4.69) is 17.4 Å². The highest BCUT2D eigenvalue weighted by molar-refractivity contribution is 6.06. The van der Waals surface area contributed by atoms with Crippen molar-refractivity contribution in [3.63, 3.8) is 0 Å². The van der Waals surface area contributed by atoms with Crippen molar-refractivity contribution in [1.82, 2.24) is 0 Å². The van der Waals surface area contributed by atoms with Gasteiger partial charge in [-0.1, -0.05) is 36.4 Å². The molecule has 138 valence electrons. The first-order valence-electron chi connectivity index (χ1n) is 8.77. The van der Waals surface area contributed by atoms with Gasteiger partial charge in [-0.2, -0.15) is 0 Å². The molecule has 0 unspecified atom stereocenters. The Bertz CT molecular complexity index is 1030. The third kappa shape index (κ3) is 2.85. The molecule has 1 atom stereocenters. The van der Waals surface area contributed by atoms with Gasteiger partial charge in [-0.15, -0.1) is 0 Å². The highest BCUT2D eigenvalue weighted by atomic mass is 16.5. The van der Waals surface area contributed by atoms with Crippen LogP contribution in [0.3, 0.4) is 0 Å². The molecule has 0 saturated carbocycles. The second-order valence-corrected chi connectivity index (χ2v) is 6.50. The molecule has 1 aliphatic rings. The molecule has 27 heavy (non-hydrogen) atoms. The standard InChI is InChI=1S/C22H21NO4/c1-25-18-12-20(27-3)19(26-2)10-17(18)16-11-21(24)23-22-14-7-5-4-6-13(14)8-9-15(16)22/h4-10,12,16H,11H2,1-3H3,(H,23,24)/t16-/m1/s1. The maximum atomic E-state index is 12.5. The van der Waals surface area contributed by atoms with Crippen LogP contribution in [0.4, 0.5) is 5.69 Å². The van der Waals surface area contributed by atoms with Gasteiger partial charge < -0.3 is 19.5 Å². The normalized spacial score (nSPS) is 15.8. The molecule has 0 aromatic heterocycles. The van der Waals surface area contributed by atoms with E-state index in [9.17, 15) is 4.79 Å². The van der Waals surface area contributed by atoms with E-state index in [4.69, 9.17) is 14.2 Å². The van der Waals surface area contributed by atoms with Gasteiger partial charge in [0.2, 0.25) is 5.91 Å². The minimum Gasteiger partial charge on any atom is -0.496 e. The van der Waals surface area contributed by atoms with Gasteiger partial charge in [-0.25, -0.2) is 0 Å². The second kappa shape index (κ2) is 6.83. The molecule has 3 aromatic rings. The number of ether oxygens (including phenoxy) is 3. The van der Waals surface area contributed by atoms with E-state index in [1.54, 1.807) is 27.4 Å². The molecule has 0 aliphatic carbocycles. The Balaban J connectivity index is 1.94. The first-order valence-corrected chi connectivity index (χ1v) is 8.77. The third-order valence-electron chi connectivity index (χ3n) is 5.10. The summed E-state index contributed by atoms with van der Waals surface area (Å²) >= 11 is 0. The van der Waals surface area contributed by atoms with E-state index >= 15 is 0 Å². The first kappa shape index (κ1) is 17.2. The average Bonchev–Trinajstić information content (AvgIpc) is 2.71. The molecule has 5 nitrogen and oxygen atoms in total. The van der Waals surface area contributed by atoms with E-state index in [0.29, 0.717) is 23.7 Å². The maximum absolute atomic E-state index is 12.5. The molecule has 0 radical (unpaired) electrons. The molecular weight excluding hydrogens is 342 g/mol. The summed E-state index contributed by atoms with van der Waals surface area (Å²) in [7, 11) is 4.81. The number of benzene rings is 3. The summed E-state index contributed by atoms with van der Waals surface area (Å²) in [4.78, 5) is 12.5. The number of amides is 1. The van der Waals surface area contributed by atoms with E-state index < -0.39 is 0 Å². The molecule has 0 fully saturated rings. The minimum absolute atomic E-state index is 0.0132. The molecule has 0 bridgehead atoms. The zero-order valence-electron chi connectivity index (χ0n) is 15.5.